The summed E-state index contributed by atoms with van der Waals surface area (Å²) in [5.41, 5.74) is 6.24. The third kappa shape index (κ3) is 3.56. The van der Waals surface area contributed by atoms with E-state index in [0.717, 1.165) is 6.07 Å². The van der Waals surface area contributed by atoms with Crippen LogP contribution in [-0.2, 0) is 6.54 Å². The molecule has 2 aromatic carbocycles. The summed E-state index contributed by atoms with van der Waals surface area (Å²) in [5.74, 6) is -2.16. The summed E-state index contributed by atoms with van der Waals surface area (Å²) in [6.45, 7) is 0.145. The lowest BCUT2D eigenvalue weighted by molar-refractivity contribution is 0.0696. The summed E-state index contributed by atoms with van der Waals surface area (Å²) in [5, 5.41) is 11.5. The molecule has 0 heterocycles. The SMILES string of the molecule is Nc1ccc(C(=O)NCc2cccc(C(=O)O)c2)cc1F. The predicted octanol–water partition coefficient (Wildman–Crippen LogP) is 2.04. The fraction of sp³-hybridized carbons (Fsp3) is 0.0667. The Kier molecular flexibility index (Phi) is 4.18. The van der Waals surface area contributed by atoms with Gasteiger partial charge in [-0.15, -0.1) is 0 Å². The number of aromatic carboxylic acids is 1. The Bertz CT molecular complexity index is 701. The van der Waals surface area contributed by atoms with E-state index in [1.807, 2.05) is 0 Å². The molecular formula is C15H13FN2O3. The molecule has 108 valence electrons. The number of carboxylic acid groups (broad SMARTS) is 1. The van der Waals surface area contributed by atoms with Crippen LogP contribution in [0, 0.1) is 5.82 Å². The Morgan fingerprint density at radius 2 is 1.90 bits per heavy atom. The number of amides is 1. The molecule has 0 atom stereocenters. The van der Waals surface area contributed by atoms with Gasteiger partial charge in [0.05, 0.1) is 11.3 Å². The van der Waals surface area contributed by atoms with Gasteiger partial charge in [-0.3, -0.25) is 4.79 Å². The molecule has 4 N–H and O–H groups in total. The van der Waals surface area contributed by atoms with Gasteiger partial charge in [-0.2, -0.15) is 0 Å². The number of anilines is 1. The van der Waals surface area contributed by atoms with E-state index in [9.17, 15) is 14.0 Å². The molecule has 0 aliphatic carbocycles. The van der Waals surface area contributed by atoms with E-state index in [4.69, 9.17) is 10.8 Å². The van der Waals surface area contributed by atoms with Gasteiger partial charge in [0.1, 0.15) is 5.82 Å². The van der Waals surface area contributed by atoms with Crippen molar-refractivity contribution in [1.82, 2.24) is 5.32 Å². The van der Waals surface area contributed by atoms with E-state index in [2.05, 4.69) is 5.32 Å². The van der Waals surface area contributed by atoms with Crippen LogP contribution in [-0.4, -0.2) is 17.0 Å². The second kappa shape index (κ2) is 6.04. The van der Waals surface area contributed by atoms with Crippen LogP contribution in [0.15, 0.2) is 42.5 Å². The first-order chi connectivity index (χ1) is 9.97. The second-order valence-corrected chi connectivity index (χ2v) is 4.42. The zero-order chi connectivity index (χ0) is 15.4. The molecule has 0 saturated heterocycles. The number of hydrogen-bond donors (Lipinski definition) is 3. The maximum Gasteiger partial charge on any atom is 0.335 e. The van der Waals surface area contributed by atoms with E-state index in [1.54, 1.807) is 12.1 Å². The van der Waals surface area contributed by atoms with Crippen molar-refractivity contribution in [3.63, 3.8) is 0 Å². The molecular weight excluding hydrogens is 275 g/mol. The van der Waals surface area contributed by atoms with E-state index < -0.39 is 17.7 Å². The van der Waals surface area contributed by atoms with Crippen molar-refractivity contribution in [1.29, 1.82) is 0 Å². The summed E-state index contributed by atoms with van der Waals surface area (Å²) in [7, 11) is 0. The Hall–Kier alpha value is -2.89. The van der Waals surface area contributed by atoms with Crippen LogP contribution in [0.1, 0.15) is 26.3 Å². The van der Waals surface area contributed by atoms with Crippen molar-refractivity contribution in [2.24, 2.45) is 0 Å². The highest BCUT2D eigenvalue weighted by Gasteiger charge is 2.09. The van der Waals surface area contributed by atoms with E-state index in [-0.39, 0.29) is 23.4 Å². The lowest BCUT2D eigenvalue weighted by Gasteiger charge is -2.07. The average molecular weight is 288 g/mol. The highest BCUT2D eigenvalue weighted by Crippen LogP contribution is 2.12. The monoisotopic (exact) mass is 288 g/mol. The van der Waals surface area contributed by atoms with Crippen molar-refractivity contribution in [2.75, 3.05) is 5.73 Å². The standard InChI is InChI=1S/C15H13FN2O3/c16-12-7-10(4-5-13(12)17)14(19)18-8-9-2-1-3-11(6-9)15(20)21/h1-7H,8,17H2,(H,18,19)(H,20,21). The Morgan fingerprint density at radius 1 is 1.14 bits per heavy atom. The highest BCUT2D eigenvalue weighted by atomic mass is 19.1. The highest BCUT2D eigenvalue weighted by molar-refractivity contribution is 5.94. The van der Waals surface area contributed by atoms with Crippen molar-refractivity contribution >= 4 is 17.6 Å². The first-order valence-electron chi connectivity index (χ1n) is 6.13. The number of benzene rings is 2. The van der Waals surface area contributed by atoms with Crippen LogP contribution >= 0.6 is 0 Å². The summed E-state index contributed by atoms with van der Waals surface area (Å²) >= 11 is 0. The smallest absolute Gasteiger partial charge is 0.335 e. The Labute approximate surface area is 120 Å². The predicted molar refractivity (Wildman–Crippen MR) is 75.4 cm³/mol. The zero-order valence-electron chi connectivity index (χ0n) is 11.0. The van der Waals surface area contributed by atoms with E-state index in [1.165, 1.54) is 24.3 Å². The number of hydrogen-bond acceptors (Lipinski definition) is 3. The molecule has 0 saturated carbocycles. The number of nitrogens with two attached hydrogens (primary N) is 1. The van der Waals surface area contributed by atoms with E-state index in [0.29, 0.717) is 5.56 Å². The zero-order valence-corrected chi connectivity index (χ0v) is 11.0. The normalized spacial score (nSPS) is 10.1. The largest absolute Gasteiger partial charge is 0.478 e. The van der Waals surface area contributed by atoms with Gasteiger partial charge in [0.25, 0.3) is 5.91 Å². The first kappa shape index (κ1) is 14.5. The van der Waals surface area contributed by atoms with Crippen LogP contribution in [0.5, 0.6) is 0 Å². The Balaban J connectivity index is 2.05. The van der Waals surface area contributed by atoms with E-state index >= 15 is 0 Å². The Morgan fingerprint density at radius 3 is 2.57 bits per heavy atom. The number of nitrogen functional groups attached to an aromatic ring is 1. The van der Waals surface area contributed by atoms with Crippen molar-refractivity contribution in [3.05, 3.63) is 65.0 Å². The van der Waals surface area contributed by atoms with Gasteiger partial charge in [0, 0.05) is 12.1 Å². The third-order valence-electron chi connectivity index (χ3n) is 2.89. The molecule has 5 nitrogen and oxygen atoms in total. The summed E-state index contributed by atoms with van der Waals surface area (Å²) in [6.07, 6.45) is 0. The van der Waals surface area contributed by atoms with Gasteiger partial charge >= 0.3 is 5.97 Å². The minimum atomic E-state index is -1.04. The minimum Gasteiger partial charge on any atom is -0.478 e. The van der Waals surface area contributed by atoms with Crippen molar-refractivity contribution in [2.45, 2.75) is 6.54 Å². The third-order valence-corrected chi connectivity index (χ3v) is 2.89. The maximum absolute atomic E-state index is 13.3. The number of rotatable bonds is 4. The fourth-order valence-corrected chi connectivity index (χ4v) is 1.77. The second-order valence-electron chi connectivity index (χ2n) is 4.42. The molecule has 21 heavy (non-hydrogen) atoms. The molecule has 6 heteroatoms. The minimum absolute atomic E-state index is 0.0271. The molecule has 0 spiro atoms. The van der Waals surface area contributed by atoms with Gasteiger partial charge in [0.2, 0.25) is 0 Å². The molecule has 0 aliphatic heterocycles. The van der Waals surface area contributed by atoms with Crippen LogP contribution in [0.4, 0.5) is 10.1 Å². The van der Waals surface area contributed by atoms with Gasteiger partial charge in [-0.25, -0.2) is 9.18 Å². The molecule has 1 amide bonds. The fourth-order valence-electron chi connectivity index (χ4n) is 1.77. The number of carbonyl (C=O) groups excluding carboxylic acids is 1. The van der Waals surface area contributed by atoms with Crippen molar-refractivity contribution in [3.8, 4) is 0 Å². The molecule has 0 bridgehead atoms. The van der Waals surface area contributed by atoms with Gasteiger partial charge < -0.3 is 16.2 Å². The molecule has 0 fully saturated rings. The molecule has 2 aromatic rings. The van der Waals surface area contributed by atoms with Crippen LogP contribution in [0.2, 0.25) is 0 Å². The molecule has 0 aromatic heterocycles. The van der Waals surface area contributed by atoms with Gasteiger partial charge in [-0.1, -0.05) is 12.1 Å². The average Bonchev–Trinajstić information content (AvgIpc) is 2.48. The van der Waals surface area contributed by atoms with Crippen molar-refractivity contribution < 1.29 is 19.1 Å². The van der Waals surface area contributed by atoms with Crippen LogP contribution < -0.4 is 11.1 Å². The molecule has 2 rings (SSSR count). The molecule has 0 aliphatic rings. The number of halogens is 1. The lowest BCUT2D eigenvalue weighted by atomic mass is 10.1. The summed E-state index contributed by atoms with van der Waals surface area (Å²) in [6, 6.07) is 9.99. The van der Waals surface area contributed by atoms with Gasteiger partial charge in [0.15, 0.2) is 0 Å². The number of carboxylic acids is 1. The molecule has 0 radical (unpaired) electrons. The summed E-state index contributed by atoms with van der Waals surface area (Å²) < 4.78 is 13.3. The maximum atomic E-state index is 13.3. The van der Waals surface area contributed by atoms with Gasteiger partial charge in [-0.05, 0) is 35.9 Å². The lowest BCUT2D eigenvalue weighted by Crippen LogP contribution is -2.23. The van der Waals surface area contributed by atoms with Crippen LogP contribution in [0.25, 0.3) is 0 Å². The number of nitrogens with one attached hydrogen (secondary N) is 1. The topological polar surface area (TPSA) is 92.4 Å². The number of carbonyl (C=O) groups is 2. The summed E-state index contributed by atoms with van der Waals surface area (Å²) in [4.78, 5) is 22.7. The first-order valence-corrected chi connectivity index (χ1v) is 6.13. The quantitative estimate of drug-likeness (QED) is 0.751. The molecule has 0 unspecified atom stereocenters. The van der Waals surface area contributed by atoms with Crippen LogP contribution in [0.3, 0.4) is 0 Å².